The highest BCUT2D eigenvalue weighted by Gasteiger charge is 2.16. The molecule has 0 aromatic heterocycles. The summed E-state index contributed by atoms with van der Waals surface area (Å²) in [5.41, 5.74) is 5.78. The van der Waals surface area contributed by atoms with Gasteiger partial charge in [-0.1, -0.05) is 13.0 Å². The van der Waals surface area contributed by atoms with Crippen LogP contribution in [0.25, 0.3) is 0 Å². The van der Waals surface area contributed by atoms with Crippen LogP contribution in [0.5, 0.6) is 5.75 Å². The third-order valence-corrected chi connectivity index (χ3v) is 1.67. The Hall–Kier alpha value is -1.78. The van der Waals surface area contributed by atoms with E-state index in [1.54, 1.807) is 6.07 Å². The molecular weight excluding hydrogens is 184 g/mol. The van der Waals surface area contributed by atoms with Gasteiger partial charge >= 0.3 is 5.69 Å². The zero-order chi connectivity index (χ0) is 10.6. The van der Waals surface area contributed by atoms with Gasteiger partial charge in [0, 0.05) is 6.07 Å². The van der Waals surface area contributed by atoms with Crippen LogP contribution in [-0.4, -0.2) is 11.5 Å². The number of nitrogen functional groups attached to an aromatic ring is 1. The van der Waals surface area contributed by atoms with E-state index in [1.807, 2.05) is 6.92 Å². The minimum absolute atomic E-state index is 0.0848. The molecule has 0 aliphatic rings. The Morgan fingerprint density at radius 3 is 2.86 bits per heavy atom. The lowest BCUT2D eigenvalue weighted by Crippen LogP contribution is -2.02. The van der Waals surface area contributed by atoms with Gasteiger partial charge in [-0.2, -0.15) is 0 Å². The first kappa shape index (κ1) is 10.3. The summed E-state index contributed by atoms with van der Waals surface area (Å²) in [6.45, 7) is 2.35. The Bertz CT molecular complexity index is 339. The normalized spacial score (nSPS) is 9.79. The van der Waals surface area contributed by atoms with Crippen LogP contribution in [0, 0.1) is 10.1 Å². The number of nitro benzene ring substituents is 1. The molecule has 0 fully saturated rings. The number of para-hydroxylation sites is 1. The maximum Gasteiger partial charge on any atom is 0.313 e. The lowest BCUT2D eigenvalue weighted by Gasteiger charge is -2.07. The summed E-state index contributed by atoms with van der Waals surface area (Å²) in [6, 6.07) is 4.49. The number of nitrogens with zero attached hydrogens (tertiary/aromatic N) is 1. The third-order valence-electron chi connectivity index (χ3n) is 1.67. The first-order chi connectivity index (χ1) is 6.66. The minimum Gasteiger partial charge on any atom is -0.485 e. The fourth-order valence-corrected chi connectivity index (χ4v) is 1.05. The van der Waals surface area contributed by atoms with Crippen LogP contribution in [0.2, 0.25) is 0 Å². The van der Waals surface area contributed by atoms with E-state index in [2.05, 4.69) is 0 Å². The maximum atomic E-state index is 10.6. The van der Waals surface area contributed by atoms with Crippen molar-refractivity contribution >= 4 is 11.4 Å². The Balaban J connectivity index is 3.02. The highest BCUT2D eigenvalue weighted by molar-refractivity contribution is 5.63. The highest BCUT2D eigenvalue weighted by atomic mass is 16.6. The summed E-state index contributed by atoms with van der Waals surface area (Å²) >= 11 is 0. The molecule has 0 aliphatic heterocycles. The Morgan fingerprint density at radius 2 is 2.29 bits per heavy atom. The van der Waals surface area contributed by atoms with Crippen molar-refractivity contribution in [1.29, 1.82) is 0 Å². The zero-order valence-corrected chi connectivity index (χ0v) is 7.90. The molecule has 2 N–H and O–H groups in total. The Kier molecular flexibility index (Phi) is 3.28. The summed E-state index contributed by atoms with van der Waals surface area (Å²) in [7, 11) is 0. The van der Waals surface area contributed by atoms with Crippen molar-refractivity contribution in [3.8, 4) is 5.75 Å². The molecule has 1 aromatic carbocycles. The average Bonchev–Trinajstić information content (AvgIpc) is 2.15. The molecule has 76 valence electrons. The Morgan fingerprint density at radius 1 is 1.57 bits per heavy atom. The van der Waals surface area contributed by atoms with Gasteiger partial charge in [-0.25, -0.2) is 0 Å². The van der Waals surface area contributed by atoms with E-state index >= 15 is 0 Å². The molecule has 0 saturated heterocycles. The van der Waals surface area contributed by atoms with Crippen LogP contribution in [-0.2, 0) is 0 Å². The van der Waals surface area contributed by atoms with Gasteiger partial charge in [0.05, 0.1) is 17.2 Å². The van der Waals surface area contributed by atoms with Gasteiger partial charge < -0.3 is 10.5 Å². The number of hydrogen-bond donors (Lipinski definition) is 1. The smallest absolute Gasteiger partial charge is 0.313 e. The maximum absolute atomic E-state index is 10.6. The molecule has 0 spiro atoms. The molecular formula is C9H12N2O3. The van der Waals surface area contributed by atoms with Crippen molar-refractivity contribution in [2.45, 2.75) is 13.3 Å². The second kappa shape index (κ2) is 4.45. The number of hydrogen-bond acceptors (Lipinski definition) is 4. The first-order valence-electron chi connectivity index (χ1n) is 4.32. The molecule has 14 heavy (non-hydrogen) atoms. The van der Waals surface area contributed by atoms with Crippen molar-refractivity contribution < 1.29 is 9.66 Å². The molecule has 1 rings (SSSR count). The number of rotatable bonds is 4. The van der Waals surface area contributed by atoms with E-state index in [4.69, 9.17) is 10.5 Å². The molecule has 0 saturated carbocycles. The molecule has 0 atom stereocenters. The molecule has 0 unspecified atom stereocenters. The topological polar surface area (TPSA) is 78.4 Å². The van der Waals surface area contributed by atoms with Crippen molar-refractivity contribution in [1.82, 2.24) is 0 Å². The second-order valence-electron chi connectivity index (χ2n) is 2.80. The van der Waals surface area contributed by atoms with Crippen LogP contribution in [0.4, 0.5) is 11.4 Å². The summed E-state index contributed by atoms with van der Waals surface area (Å²) in [6.07, 6.45) is 0.783. The monoisotopic (exact) mass is 196 g/mol. The largest absolute Gasteiger partial charge is 0.485 e. The van der Waals surface area contributed by atoms with E-state index in [-0.39, 0.29) is 11.4 Å². The van der Waals surface area contributed by atoms with E-state index < -0.39 is 4.92 Å². The predicted molar refractivity (Wildman–Crippen MR) is 53.3 cm³/mol. The van der Waals surface area contributed by atoms with E-state index in [9.17, 15) is 10.1 Å². The van der Waals surface area contributed by atoms with Gasteiger partial charge in [0.25, 0.3) is 0 Å². The molecule has 0 aliphatic carbocycles. The molecule has 0 bridgehead atoms. The summed E-state index contributed by atoms with van der Waals surface area (Å²) in [5, 5.41) is 10.6. The van der Waals surface area contributed by atoms with Gasteiger partial charge in [-0.3, -0.25) is 10.1 Å². The van der Waals surface area contributed by atoms with Crippen molar-refractivity contribution in [3.05, 3.63) is 28.3 Å². The molecule has 5 heteroatoms. The number of ether oxygens (including phenoxy) is 1. The van der Waals surface area contributed by atoms with Crippen molar-refractivity contribution in [2.75, 3.05) is 12.3 Å². The van der Waals surface area contributed by atoms with Gasteiger partial charge in [0.2, 0.25) is 5.75 Å². The van der Waals surface area contributed by atoms with E-state index in [1.165, 1.54) is 12.1 Å². The minimum atomic E-state index is -0.499. The van der Waals surface area contributed by atoms with E-state index in [0.717, 1.165) is 6.42 Å². The predicted octanol–water partition coefficient (Wildman–Crippen LogP) is 1.97. The van der Waals surface area contributed by atoms with Crippen LogP contribution in [0.15, 0.2) is 18.2 Å². The molecule has 0 amide bonds. The van der Waals surface area contributed by atoms with Crippen molar-refractivity contribution in [2.24, 2.45) is 0 Å². The fraction of sp³-hybridized carbons (Fsp3) is 0.333. The van der Waals surface area contributed by atoms with Crippen molar-refractivity contribution in [3.63, 3.8) is 0 Å². The molecule has 5 nitrogen and oxygen atoms in total. The average molecular weight is 196 g/mol. The Labute approximate surface area is 81.6 Å². The lowest BCUT2D eigenvalue weighted by atomic mass is 10.2. The molecule has 1 aromatic rings. The zero-order valence-electron chi connectivity index (χ0n) is 7.90. The number of anilines is 1. The fourth-order valence-electron chi connectivity index (χ4n) is 1.05. The highest BCUT2D eigenvalue weighted by Crippen LogP contribution is 2.32. The molecule has 0 radical (unpaired) electrons. The lowest BCUT2D eigenvalue weighted by molar-refractivity contribution is -0.385. The summed E-state index contributed by atoms with van der Waals surface area (Å²) in [5.74, 6) is 0.166. The second-order valence-corrected chi connectivity index (χ2v) is 2.80. The van der Waals surface area contributed by atoms with Gasteiger partial charge in [0.15, 0.2) is 0 Å². The third kappa shape index (κ3) is 2.12. The molecule has 0 heterocycles. The quantitative estimate of drug-likeness (QED) is 0.453. The van der Waals surface area contributed by atoms with Crippen LogP contribution < -0.4 is 10.5 Å². The number of nitro groups is 1. The van der Waals surface area contributed by atoms with Crippen LogP contribution >= 0.6 is 0 Å². The van der Waals surface area contributed by atoms with Crippen LogP contribution in [0.1, 0.15) is 13.3 Å². The standard InChI is InChI=1S/C9H12N2O3/c1-2-6-14-9-7(10)4-3-5-8(9)11(12)13/h3-5H,2,6,10H2,1H3. The number of nitrogens with two attached hydrogens (primary N) is 1. The van der Waals surface area contributed by atoms with E-state index in [0.29, 0.717) is 12.3 Å². The van der Waals surface area contributed by atoms with Gasteiger partial charge in [-0.15, -0.1) is 0 Å². The van der Waals surface area contributed by atoms with Gasteiger partial charge in [0.1, 0.15) is 0 Å². The summed E-state index contributed by atoms with van der Waals surface area (Å²) in [4.78, 5) is 10.1. The summed E-state index contributed by atoms with van der Waals surface area (Å²) < 4.78 is 5.21. The van der Waals surface area contributed by atoms with Crippen LogP contribution in [0.3, 0.4) is 0 Å². The first-order valence-corrected chi connectivity index (χ1v) is 4.32. The number of benzene rings is 1. The van der Waals surface area contributed by atoms with Gasteiger partial charge in [-0.05, 0) is 12.5 Å². The SMILES string of the molecule is CCCOc1c(N)cccc1[N+](=O)[O-].